The number of phenols is 1. The van der Waals surface area contributed by atoms with Gasteiger partial charge in [0.2, 0.25) is 0 Å². The lowest BCUT2D eigenvalue weighted by molar-refractivity contribution is -0.121. The van der Waals surface area contributed by atoms with Crippen LogP contribution in [0.4, 0.5) is 0 Å². The van der Waals surface area contributed by atoms with Crippen LogP contribution < -0.4 is 4.74 Å². The number of phenolic OH excluding ortho intramolecular Hbond substituents is 1. The lowest BCUT2D eigenvalue weighted by Crippen LogP contribution is -2.01. The first-order chi connectivity index (χ1) is 12.0. The fourth-order valence-corrected chi connectivity index (χ4v) is 2.30. The minimum absolute atomic E-state index is 0.0271. The number of hydrogen-bond acceptors (Lipinski definition) is 4. The number of rotatable bonds is 7. The second-order valence-electron chi connectivity index (χ2n) is 5.26. The number of halogens is 1. The maximum Gasteiger partial charge on any atom is 0.163 e. The molecule has 0 bridgehead atoms. The molecule has 0 unspecified atom stereocenters. The van der Waals surface area contributed by atoms with E-state index in [1.54, 1.807) is 24.3 Å². The molecule has 0 saturated heterocycles. The Labute approximate surface area is 154 Å². The summed E-state index contributed by atoms with van der Waals surface area (Å²) in [6.07, 6.45) is 5.81. The fraction of sp³-hybridized carbons (Fsp3) is 0.100. The van der Waals surface area contributed by atoms with Crippen LogP contribution in [0.25, 0.3) is 12.2 Å². The third-order valence-corrected chi connectivity index (χ3v) is 3.87. The molecule has 0 aromatic heterocycles. The molecular formula is C20H17BrO4. The molecule has 0 fully saturated rings. The van der Waals surface area contributed by atoms with E-state index in [4.69, 9.17) is 4.74 Å². The molecule has 0 radical (unpaired) electrons. The number of hydrogen-bond donors (Lipinski definition) is 1. The maximum absolute atomic E-state index is 11.9. The van der Waals surface area contributed by atoms with E-state index in [2.05, 4.69) is 15.9 Å². The highest BCUT2D eigenvalue weighted by Gasteiger charge is 2.05. The molecule has 2 rings (SSSR count). The van der Waals surface area contributed by atoms with Crippen molar-refractivity contribution in [3.05, 3.63) is 70.2 Å². The summed E-state index contributed by atoms with van der Waals surface area (Å²) in [4.78, 5) is 23.7. The van der Waals surface area contributed by atoms with E-state index in [9.17, 15) is 14.7 Å². The zero-order chi connectivity index (χ0) is 18.2. The third kappa shape index (κ3) is 6.04. The molecular weight excluding hydrogens is 384 g/mol. The number of benzene rings is 2. The Bertz CT molecular complexity index is 820. The van der Waals surface area contributed by atoms with E-state index >= 15 is 0 Å². The van der Waals surface area contributed by atoms with Crippen LogP contribution in [0, 0.1) is 0 Å². The van der Waals surface area contributed by atoms with E-state index in [1.807, 2.05) is 24.3 Å². The molecule has 2 aromatic carbocycles. The van der Waals surface area contributed by atoms with Crippen molar-refractivity contribution in [1.29, 1.82) is 0 Å². The van der Waals surface area contributed by atoms with Gasteiger partial charge in [0.1, 0.15) is 0 Å². The lowest BCUT2D eigenvalue weighted by atomic mass is 10.1. The van der Waals surface area contributed by atoms with Crippen molar-refractivity contribution in [2.24, 2.45) is 0 Å². The van der Waals surface area contributed by atoms with Gasteiger partial charge in [-0.05, 0) is 47.5 Å². The number of ether oxygens (including phenoxy) is 1. The Kier molecular flexibility index (Phi) is 6.71. The van der Waals surface area contributed by atoms with Crippen LogP contribution in [0.2, 0.25) is 0 Å². The van der Waals surface area contributed by atoms with Gasteiger partial charge in [-0.3, -0.25) is 9.59 Å². The average molecular weight is 401 g/mol. The van der Waals surface area contributed by atoms with Crippen LogP contribution >= 0.6 is 15.9 Å². The van der Waals surface area contributed by atoms with Crippen molar-refractivity contribution >= 4 is 39.6 Å². The lowest BCUT2D eigenvalue weighted by Gasteiger charge is -2.03. The summed E-state index contributed by atoms with van der Waals surface area (Å²) in [7, 11) is 1.45. The van der Waals surface area contributed by atoms with E-state index in [-0.39, 0.29) is 23.7 Å². The van der Waals surface area contributed by atoms with Crippen LogP contribution in [0.1, 0.15) is 17.5 Å². The maximum atomic E-state index is 11.9. The first-order valence-electron chi connectivity index (χ1n) is 7.52. The molecule has 0 aliphatic rings. The molecule has 0 aliphatic heterocycles. The Morgan fingerprint density at radius 1 is 1.00 bits per heavy atom. The molecule has 25 heavy (non-hydrogen) atoms. The Morgan fingerprint density at radius 3 is 2.16 bits per heavy atom. The number of carbonyl (C=O) groups excluding carboxylic acids is 2. The standard InChI is InChI=1S/C20H17BrO4/c1-25-20-12-15(6-11-19(20)24)5-10-18(23)13-17(22)9-4-14-2-7-16(21)8-3-14/h2-12,24H,13H2,1H3/b9-4+,10-5+. The van der Waals surface area contributed by atoms with Crippen LogP contribution in [0.15, 0.2) is 59.1 Å². The zero-order valence-corrected chi connectivity index (χ0v) is 15.2. The van der Waals surface area contributed by atoms with Gasteiger partial charge in [-0.25, -0.2) is 0 Å². The van der Waals surface area contributed by atoms with Crippen molar-refractivity contribution in [2.75, 3.05) is 7.11 Å². The monoisotopic (exact) mass is 400 g/mol. The molecule has 0 atom stereocenters. The molecule has 0 heterocycles. The number of allylic oxidation sites excluding steroid dienone is 2. The molecule has 128 valence electrons. The molecule has 4 nitrogen and oxygen atoms in total. The Morgan fingerprint density at radius 2 is 1.56 bits per heavy atom. The number of aromatic hydroxyl groups is 1. The van der Waals surface area contributed by atoms with Crippen LogP contribution in [-0.4, -0.2) is 23.8 Å². The van der Waals surface area contributed by atoms with Crippen molar-refractivity contribution < 1.29 is 19.4 Å². The normalized spacial score (nSPS) is 11.1. The highest BCUT2D eigenvalue weighted by atomic mass is 79.9. The second-order valence-corrected chi connectivity index (χ2v) is 6.17. The van der Waals surface area contributed by atoms with Gasteiger partial charge in [-0.2, -0.15) is 0 Å². The van der Waals surface area contributed by atoms with Crippen molar-refractivity contribution in [3.8, 4) is 11.5 Å². The quantitative estimate of drug-likeness (QED) is 0.551. The summed E-state index contributed by atoms with van der Waals surface area (Å²) in [6, 6.07) is 12.2. The second kappa shape index (κ2) is 8.99. The van der Waals surface area contributed by atoms with Crippen LogP contribution in [0.3, 0.4) is 0 Å². The number of carbonyl (C=O) groups is 2. The number of methoxy groups -OCH3 is 1. The Balaban J connectivity index is 1.92. The largest absolute Gasteiger partial charge is 0.504 e. The van der Waals surface area contributed by atoms with Crippen molar-refractivity contribution in [3.63, 3.8) is 0 Å². The summed E-state index contributed by atoms with van der Waals surface area (Å²) in [5.41, 5.74) is 1.58. The zero-order valence-electron chi connectivity index (χ0n) is 13.6. The summed E-state index contributed by atoms with van der Waals surface area (Å²) in [6.45, 7) is 0. The minimum atomic E-state index is -0.294. The summed E-state index contributed by atoms with van der Waals surface area (Å²) in [5, 5.41) is 9.53. The van der Waals surface area contributed by atoms with Crippen LogP contribution in [-0.2, 0) is 9.59 Å². The molecule has 0 saturated carbocycles. The van der Waals surface area contributed by atoms with Gasteiger partial charge < -0.3 is 9.84 Å². The smallest absolute Gasteiger partial charge is 0.163 e. The van der Waals surface area contributed by atoms with Gasteiger partial charge in [0.05, 0.1) is 13.5 Å². The molecule has 2 aromatic rings. The van der Waals surface area contributed by atoms with Gasteiger partial charge in [-0.15, -0.1) is 0 Å². The number of ketones is 2. The van der Waals surface area contributed by atoms with E-state index in [0.29, 0.717) is 11.3 Å². The summed E-state index contributed by atoms with van der Waals surface area (Å²) in [5.74, 6) is -0.208. The molecule has 5 heteroatoms. The van der Waals surface area contributed by atoms with Gasteiger partial charge in [0.15, 0.2) is 23.1 Å². The van der Waals surface area contributed by atoms with Crippen LogP contribution in [0.5, 0.6) is 11.5 Å². The topological polar surface area (TPSA) is 63.6 Å². The summed E-state index contributed by atoms with van der Waals surface area (Å²) >= 11 is 3.34. The molecule has 0 spiro atoms. The van der Waals surface area contributed by atoms with E-state index in [1.165, 1.54) is 25.3 Å². The van der Waals surface area contributed by atoms with Gasteiger partial charge in [0, 0.05) is 4.47 Å². The SMILES string of the molecule is COc1cc(/C=C/C(=O)CC(=O)/C=C/c2ccc(Br)cc2)ccc1O. The average Bonchev–Trinajstić information content (AvgIpc) is 2.60. The minimum Gasteiger partial charge on any atom is -0.504 e. The van der Waals surface area contributed by atoms with E-state index in [0.717, 1.165) is 10.0 Å². The predicted molar refractivity (Wildman–Crippen MR) is 101 cm³/mol. The highest BCUT2D eigenvalue weighted by Crippen LogP contribution is 2.26. The molecule has 0 aliphatic carbocycles. The Hall–Kier alpha value is -2.66. The highest BCUT2D eigenvalue weighted by molar-refractivity contribution is 9.10. The van der Waals surface area contributed by atoms with Crippen molar-refractivity contribution in [1.82, 2.24) is 0 Å². The van der Waals surface area contributed by atoms with Crippen molar-refractivity contribution in [2.45, 2.75) is 6.42 Å². The molecule has 1 N–H and O–H groups in total. The van der Waals surface area contributed by atoms with Gasteiger partial charge in [-0.1, -0.05) is 46.3 Å². The van der Waals surface area contributed by atoms with Gasteiger partial charge >= 0.3 is 0 Å². The van der Waals surface area contributed by atoms with E-state index < -0.39 is 0 Å². The first-order valence-corrected chi connectivity index (χ1v) is 8.31. The summed E-state index contributed by atoms with van der Waals surface area (Å²) < 4.78 is 5.96. The molecule has 0 amide bonds. The third-order valence-electron chi connectivity index (χ3n) is 3.35. The fourth-order valence-electron chi connectivity index (χ4n) is 2.04. The van der Waals surface area contributed by atoms with Gasteiger partial charge in [0.25, 0.3) is 0 Å². The first kappa shape index (κ1) is 18.7. The predicted octanol–water partition coefficient (Wildman–Crippen LogP) is 4.42.